The van der Waals surface area contributed by atoms with Crippen molar-refractivity contribution in [1.82, 2.24) is 4.90 Å². The van der Waals surface area contributed by atoms with E-state index in [1.54, 1.807) is 36.2 Å². The molecule has 0 aliphatic rings. The number of aryl methyl sites for hydroxylation is 1. The molecule has 0 aromatic heterocycles. The highest BCUT2D eigenvalue weighted by Gasteiger charge is 2.11. The van der Waals surface area contributed by atoms with E-state index in [1.165, 1.54) is 0 Å². The molecule has 0 aliphatic heterocycles. The standard InChI is InChI=1S/C18H20ClN3O2/c1-13-4-3-5-16(10-13)21-18(24)12-22(2)11-17(23)20-15-8-6-14(19)7-9-15/h3-10H,11-12H2,1-2H3,(H,20,23)(H,21,24). The molecular weight excluding hydrogens is 326 g/mol. The Bertz CT molecular complexity index is 716. The molecule has 2 N–H and O–H groups in total. The van der Waals surface area contributed by atoms with Gasteiger partial charge < -0.3 is 10.6 Å². The van der Waals surface area contributed by atoms with Gasteiger partial charge in [0.25, 0.3) is 0 Å². The second-order valence-corrected chi connectivity index (χ2v) is 6.08. The van der Waals surface area contributed by atoms with E-state index in [2.05, 4.69) is 10.6 Å². The summed E-state index contributed by atoms with van der Waals surface area (Å²) in [5.41, 5.74) is 2.49. The van der Waals surface area contributed by atoms with Gasteiger partial charge in [-0.15, -0.1) is 0 Å². The number of likely N-dealkylation sites (N-methyl/N-ethyl adjacent to an activating group) is 1. The maximum atomic E-state index is 12.0. The maximum Gasteiger partial charge on any atom is 0.238 e. The van der Waals surface area contributed by atoms with Crippen LogP contribution in [0.5, 0.6) is 0 Å². The van der Waals surface area contributed by atoms with Crippen molar-refractivity contribution < 1.29 is 9.59 Å². The number of hydrogen-bond donors (Lipinski definition) is 2. The number of amides is 2. The van der Waals surface area contributed by atoms with Gasteiger partial charge in [0.05, 0.1) is 13.1 Å². The SMILES string of the molecule is Cc1cccc(NC(=O)CN(C)CC(=O)Nc2ccc(Cl)cc2)c1. The maximum absolute atomic E-state index is 12.0. The van der Waals surface area contributed by atoms with E-state index in [-0.39, 0.29) is 24.9 Å². The van der Waals surface area contributed by atoms with E-state index in [0.29, 0.717) is 10.7 Å². The van der Waals surface area contributed by atoms with Crippen molar-refractivity contribution in [2.45, 2.75) is 6.92 Å². The first-order valence-corrected chi connectivity index (χ1v) is 7.90. The van der Waals surface area contributed by atoms with Gasteiger partial charge in [-0.25, -0.2) is 0 Å². The third-order valence-corrected chi connectivity index (χ3v) is 3.51. The summed E-state index contributed by atoms with van der Waals surface area (Å²) in [4.78, 5) is 25.6. The van der Waals surface area contributed by atoms with Crippen LogP contribution < -0.4 is 10.6 Å². The van der Waals surface area contributed by atoms with Crippen LogP contribution >= 0.6 is 11.6 Å². The quantitative estimate of drug-likeness (QED) is 0.845. The first kappa shape index (κ1) is 18.0. The summed E-state index contributed by atoms with van der Waals surface area (Å²) >= 11 is 5.80. The highest BCUT2D eigenvalue weighted by atomic mass is 35.5. The van der Waals surface area contributed by atoms with Crippen LogP contribution in [0.4, 0.5) is 11.4 Å². The van der Waals surface area contributed by atoms with Crippen molar-refractivity contribution in [1.29, 1.82) is 0 Å². The molecule has 2 amide bonds. The van der Waals surface area contributed by atoms with Gasteiger partial charge in [-0.3, -0.25) is 14.5 Å². The van der Waals surface area contributed by atoms with E-state index >= 15 is 0 Å². The number of nitrogens with zero attached hydrogens (tertiary/aromatic N) is 1. The summed E-state index contributed by atoms with van der Waals surface area (Å²) < 4.78 is 0. The molecule has 0 unspecified atom stereocenters. The third-order valence-electron chi connectivity index (χ3n) is 3.26. The molecular formula is C18H20ClN3O2. The minimum Gasteiger partial charge on any atom is -0.325 e. The zero-order valence-electron chi connectivity index (χ0n) is 13.7. The highest BCUT2D eigenvalue weighted by molar-refractivity contribution is 6.30. The van der Waals surface area contributed by atoms with Crippen LogP contribution in [0.25, 0.3) is 0 Å². The Morgan fingerprint density at radius 3 is 2.12 bits per heavy atom. The first-order chi connectivity index (χ1) is 11.4. The summed E-state index contributed by atoms with van der Waals surface area (Å²) in [6, 6.07) is 14.4. The number of rotatable bonds is 6. The molecule has 0 spiro atoms. The van der Waals surface area contributed by atoms with Crippen LogP contribution in [0.2, 0.25) is 5.02 Å². The van der Waals surface area contributed by atoms with E-state index in [1.807, 2.05) is 31.2 Å². The van der Waals surface area contributed by atoms with Crippen molar-refractivity contribution in [2.75, 3.05) is 30.8 Å². The lowest BCUT2D eigenvalue weighted by atomic mass is 10.2. The molecule has 6 heteroatoms. The second-order valence-electron chi connectivity index (χ2n) is 5.65. The predicted octanol–water partition coefficient (Wildman–Crippen LogP) is 3.16. The van der Waals surface area contributed by atoms with Crippen molar-refractivity contribution in [3.05, 3.63) is 59.1 Å². The molecule has 0 heterocycles. The molecule has 0 fully saturated rings. The van der Waals surface area contributed by atoms with E-state index in [0.717, 1.165) is 11.3 Å². The van der Waals surface area contributed by atoms with Crippen LogP contribution in [-0.4, -0.2) is 36.9 Å². The molecule has 2 aromatic rings. The molecule has 2 aromatic carbocycles. The number of carbonyl (C=O) groups excluding carboxylic acids is 2. The Morgan fingerprint density at radius 2 is 1.54 bits per heavy atom. The van der Waals surface area contributed by atoms with E-state index in [4.69, 9.17) is 11.6 Å². The summed E-state index contributed by atoms with van der Waals surface area (Å²) in [6.07, 6.45) is 0. The van der Waals surface area contributed by atoms with Gasteiger partial charge in [-0.2, -0.15) is 0 Å². The van der Waals surface area contributed by atoms with Gasteiger partial charge >= 0.3 is 0 Å². The molecule has 0 atom stereocenters. The summed E-state index contributed by atoms with van der Waals surface area (Å²) in [7, 11) is 1.72. The Balaban J connectivity index is 1.79. The molecule has 24 heavy (non-hydrogen) atoms. The third kappa shape index (κ3) is 6.02. The largest absolute Gasteiger partial charge is 0.325 e. The normalized spacial score (nSPS) is 10.5. The number of halogens is 1. The monoisotopic (exact) mass is 345 g/mol. The van der Waals surface area contributed by atoms with Crippen LogP contribution in [0, 0.1) is 6.92 Å². The summed E-state index contributed by atoms with van der Waals surface area (Å²) in [5, 5.41) is 6.18. The number of nitrogens with one attached hydrogen (secondary N) is 2. The fourth-order valence-corrected chi connectivity index (χ4v) is 2.33. The molecule has 0 saturated carbocycles. The summed E-state index contributed by atoms with van der Waals surface area (Å²) in [5.74, 6) is -0.356. The molecule has 0 bridgehead atoms. The molecule has 5 nitrogen and oxygen atoms in total. The van der Waals surface area contributed by atoms with Crippen LogP contribution in [0.1, 0.15) is 5.56 Å². The minimum absolute atomic E-state index is 0.115. The van der Waals surface area contributed by atoms with Gasteiger partial charge in [0, 0.05) is 16.4 Å². The molecule has 0 aliphatic carbocycles. The van der Waals surface area contributed by atoms with Crippen molar-refractivity contribution in [3.8, 4) is 0 Å². The lowest BCUT2D eigenvalue weighted by Crippen LogP contribution is -2.36. The van der Waals surface area contributed by atoms with Gasteiger partial charge in [0.2, 0.25) is 11.8 Å². The van der Waals surface area contributed by atoms with Crippen LogP contribution in [-0.2, 0) is 9.59 Å². The number of hydrogen-bond acceptors (Lipinski definition) is 3. The zero-order valence-corrected chi connectivity index (χ0v) is 14.4. The molecule has 0 radical (unpaired) electrons. The fourth-order valence-electron chi connectivity index (χ4n) is 2.20. The van der Waals surface area contributed by atoms with Gasteiger partial charge in [-0.1, -0.05) is 23.7 Å². The average Bonchev–Trinajstić information content (AvgIpc) is 2.49. The predicted molar refractivity (Wildman–Crippen MR) is 97.4 cm³/mol. The smallest absolute Gasteiger partial charge is 0.238 e. The van der Waals surface area contributed by atoms with E-state index < -0.39 is 0 Å². The van der Waals surface area contributed by atoms with Gasteiger partial charge in [-0.05, 0) is 55.9 Å². The Kier molecular flexibility index (Phi) is 6.35. The lowest BCUT2D eigenvalue weighted by molar-refractivity contribution is -0.119. The Labute approximate surface area is 146 Å². The Morgan fingerprint density at radius 1 is 0.958 bits per heavy atom. The fraction of sp³-hybridized carbons (Fsp3) is 0.222. The van der Waals surface area contributed by atoms with Crippen LogP contribution in [0.3, 0.4) is 0 Å². The van der Waals surface area contributed by atoms with Crippen molar-refractivity contribution in [3.63, 3.8) is 0 Å². The highest BCUT2D eigenvalue weighted by Crippen LogP contribution is 2.13. The van der Waals surface area contributed by atoms with Crippen molar-refractivity contribution >= 4 is 34.8 Å². The van der Waals surface area contributed by atoms with Gasteiger partial charge in [0.1, 0.15) is 0 Å². The molecule has 126 valence electrons. The minimum atomic E-state index is -0.192. The topological polar surface area (TPSA) is 61.4 Å². The second kappa shape index (κ2) is 8.47. The van der Waals surface area contributed by atoms with E-state index in [9.17, 15) is 9.59 Å². The average molecular weight is 346 g/mol. The number of anilines is 2. The van der Waals surface area contributed by atoms with Crippen LogP contribution in [0.15, 0.2) is 48.5 Å². The lowest BCUT2D eigenvalue weighted by Gasteiger charge is -2.16. The molecule has 0 saturated heterocycles. The molecule has 2 rings (SSSR count). The number of carbonyl (C=O) groups is 2. The zero-order chi connectivity index (χ0) is 17.5. The van der Waals surface area contributed by atoms with Gasteiger partial charge in [0.15, 0.2) is 0 Å². The first-order valence-electron chi connectivity index (χ1n) is 7.53. The Hall–Kier alpha value is -2.37. The number of benzene rings is 2. The van der Waals surface area contributed by atoms with Crippen molar-refractivity contribution in [2.24, 2.45) is 0 Å². The summed E-state index contributed by atoms with van der Waals surface area (Å²) in [6.45, 7) is 2.20.